The maximum absolute atomic E-state index is 5.64. The molecule has 0 amide bonds. The van der Waals surface area contributed by atoms with Gasteiger partial charge in [-0.3, -0.25) is 0 Å². The Hall–Kier alpha value is -1.73. The van der Waals surface area contributed by atoms with Crippen molar-refractivity contribution in [3.63, 3.8) is 0 Å². The molecule has 0 saturated heterocycles. The summed E-state index contributed by atoms with van der Waals surface area (Å²) in [6, 6.07) is 22.2. The molecule has 1 nitrogen and oxygen atoms in total. The average molecular weight is 347 g/mol. The molecule has 0 N–H and O–H groups in total. The van der Waals surface area contributed by atoms with E-state index in [0.29, 0.717) is 17.8 Å². The molecule has 2 aromatic rings. The van der Waals surface area contributed by atoms with E-state index >= 15 is 0 Å². The highest BCUT2D eigenvalue weighted by atomic mass is 16.5. The van der Waals surface area contributed by atoms with Gasteiger partial charge in [0.25, 0.3) is 0 Å². The zero-order chi connectivity index (χ0) is 18.0. The maximum atomic E-state index is 5.64. The predicted octanol–water partition coefficient (Wildman–Crippen LogP) is 6.20. The van der Waals surface area contributed by atoms with E-state index in [-0.39, 0.29) is 5.41 Å². The van der Waals surface area contributed by atoms with Gasteiger partial charge in [-0.25, -0.2) is 0 Å². The molecule has 135 valence electrons. The Bertz CT molecular complexity index is 653. The van der Waals surface area contributed by atoms with Crippen LogP contribution in [-0.2, 0) is 10.2 Å². The summed E-state index contributed by atoms with van der Waals surface area (Å²) in [6.07, 6.45) is 10.4. The van der Waals surface area contributed by atoms with Gasteiger partial charge in [0.05, 0.1) is 7.11 Å². The summed E-state index contributed by atoms with van der Waals surface area (Å²) < 4.78 is 5.64. The molecule has 4 rings (SSSR count). The topological polar surface area (TPSA) is 9.23 Å². The summed E-state index contributed by atoms with van der Waals surface area (Å²) in [4.78, 5) is 0. The van der Waals surface area contributed by atoms with Gasteiger partial charge in [0.1, 0.15) is 12.8 Å². The highest BCUT2D eigenvalue weighted by Gasteiger charge is 2.57. The van der Waals surface area contributed by atoms with Gasteiger partial charge >= 0.3 is 0 Å². The third-order valence-corrected chi connectivity index (χ3v) is 6.74. The highest BCUT2D eigenvalue weighted by Crippen LogP contribution is 2.62. The van der Waals surface area contributed by atoms with Crippen LogP contribution in [0.5, 0.6) is 0 Å². The van der Waals surface area contributed by atoms with E-state index in [1.165, 1.54) is 49.3 Å². The van der Waals surface area contributed by atoms with Crippen LogP contribution in [0.2, 0.25) is 0 Å². The fraction of sp³-hybridized carbons (Fsp3) is 0.440. The lowest BCUT2D eigenvalue weighted by atomic mass is 9.72. The number of methoxy groups -OCH3 is 1. The van der Waals surface area contributed by atoms with Gasteiger partial charge in [0.2, 0.25) is 6.10 Å². The van der Waals surface area contributed by atoms with Gasteiger partial charge in [-0.1, -0.05) is 67.1 Å². The van der Waals surface area contributed by atoms with Crippen molar-refractivity contribution in [1.29, 1.82) is 0 Å². The number of hydrogen-bond acceptors (Lipinski definition) is 1. The molecule has 0 aromatic heterocycles. The van der Waals surface area contributed by atoms with Crippen molar-refractivity contribution in [2.24, 2.45) is 17.8 Å². The lowest BCUT2D eigenvalue weighted by Crippen LogP contribution is -2.27. The molecule has 3 unspecified atom stereocenters. The standard InChI is InChI=1S/C25H30O/c1-19(26-2)24-16-10-9-11-20(24)17-23-18-25(23,21-12-5-3-6-13-21)22-14-7-4-8-15-22/h3-8,12-15,17,20,23-24H,9-11,16,18H2,1-2H3/q+1. The first-order valence-corrected chi connectivity index (χ1v) is 10.1. The third-order valence-electron chi connectivity index (χ3n) is 6.74. The van der Waals surface area contributed by atoms with E-state index in [4.69, 9.17) is 4.74 Å². The van der Waals surface area contributed by atoms with Gasteiger partial charge in [0.15, 0.2) is 0 Å². The molecular formula is C25H30O+. The summed E-state index contributed by atoms with van der Waals surface area (Å²) in [5, 5.41) is 0. The van der Waals surface area contributed by atoms with E-state index in [9.17, 15) is 0 Å². The summed E-state index contributed by atoms with van der Waals surface area (Å²) in [7, 11) is 1.83. The first-order chi connectivity index (χ1) is 12.8. The van der Waals surface area contributed by atoms with Gasteiger partial charge in [-0.2, -0.15) is 4.74 Å². The van der Waals surface area contributed by atoms with Crippen molar-refractivity contribution < 1.29 is 4.74 Å². The minimum absolute atomic E-state index is 0.172. The van der Waals surface area contributed by atoms with Crippen LogP contribution in [0.25, 0.3) is 0 Å². The molecule has 0 heterocycles. The average Bonchev–Trinajstić information content (AvgIpc) is 3.44. The lowest BCUT2D eigenvalue weighted by Gasteiger charge is -2.29. The van der Waals surface area contributed by atoms with Crippen LogP contribution in [0.4, 0.5) is 0 Å². The SMILES string of the molecule is CO[C+](C)C1CCCCC1[CH]C1CC1(c1ccccc1)c1ccccc1. The number of hydrogen-bond donors (Lipinski definition) is 0. The minimum atomic E-state index is 0.172. The molecule has 0 bridgehead atoms. The fourth-order valence-corrected chi connectivity index (χ4v) is 5.17. The molecule has 2 aliphatic rings. The zero-order valence-electron chi connectivity index (χ0n) is 16.0. The van der Waals surface area contributed by atoms with Crippen molar-refractivity contribution in [1.82, 2.24) is 0 Å². The quantitative estimate of drug-likeness (QED) is 0.566. The first kappa shape index (κ1) is 17.7. The third kappa shape index (κ3) is 3.18. The van der Waals surface area contributed by atoms with Crippen molar-refractivity contribution in [3.05, 3.63) is 84.3 Å². The summed E-state index contributed by atoms with van der Waals surface area (Å²) >= 11 is 0. The molecule has 1 heteroatoms. The van der Waals surface area contributed by atoms with Crippen molar-refractivity contribution in [2.45, 2.75) is 44.4 Å². The first-order valence-electron chi connectivity index (χ1n) is 10.1. The molecular weight excluding hydrogens is 316 g/mol. The molecule has 2 fully saturated rings. The molecule has 2 aromatic carbocycles. The highest BCUT2D eigenvalue weighted by molar-refractivity contribution is 5.48. The van der Waals surface area contributed by atoms with Crippen molar-refractivity contribution in [2.75, 3.05) is 7.11 Å². The number of benzene rings is 2. The van der Waals surface area contributed by atoms with Crippen LogP contribution in [-0.4, -0.2) is 7.11 Å². The molecule has 0 spiro atoms. The smallest absolute Gasteiger partial charge is 0.197 e. The normalized spacial score (nSPS) is 27.1. The summed E-state index contributed by atoms with van der Waals surface area (Å²) in [5.74, 6) is 1.88. The Morgan fingerprint density at radius 1 is 0.923 bits per heavy atom. The van der Waals surface area contributed by atoms with Crippen LogP contribution >= 0.6 is 0 Å². The Balaban J connectivity index is 1.59. The van der Waals surface area contributed by atoms with Gasteiger partial charge < -0.3 is 0 Å². The van der Waals surface area contributed by atoms with E-state index < -0.39 is 0 Å². The Morgan fingerprint density at radius 3 is 2.08 bits per heavy atom. The molecule has 3 atom stereocenters. The van der Waals surface area contributed by atoms with Crippen LogP contribution in [0, 0.1) is 30.3 Å². The largest absolute Gasteiger partial charge is 0.240 e. The Kier molecular flexibility index (Phi) is 5.09. The van der Waals surface area contributed by atoms with Gasteiger partial charge in [-0.05, 0) is 49.1 Å². The minimum Gasteiger partial charge on any atom is -0.197 e. The summed E-state index contributed by atoms with van der Waals surface area (Å²) in [6.45, 7) is 2.17. The Morgan fingerprint density at radius 2 is 1.50 bits per heavy atom. The molecule has 1 radical (unpaired) electrons. The Labute approximate surface area is 158 Å². The zero-order valence-corrected chi connectivity index (χ0v) is 16.0. The van der Waals surface area contributed by atoms with Crippen molar-refractivity contribution in [3.8, 4) is 0 Å². The molecule has 0 aliphatic heterocycles. The number of rotatable bonds is 6. The van der Waals surface area contributed by atoms with E-state index in [0.717, 1.165) is 0 Å². The van der Waals surface area contributed by atoms with Crippen LogP contribution in [0.15, 0.2) is 60.7 Å². The van der Waals surface area contributed by atoms with E-state index in [1.807, 2.05) is 7.11 Å². The second-order valence-corrected chi connectivity index (χ2v) is 8.08. The second kappa shape index (κ2) is 7.48. The molecule has 26 heavy (non-hydrogen) atoms. The monoisotopic (exact) mass is 346 g/mol. The lowest BCUT2D eigenvalue weighted by molar-refractivity contribution is 0.113. The number of ether oxygens (including phenoxy) is 1. The fourth-order valence-electron chi connectivity index (χ4n) is 5.17. The van der Waals surface area contributed by atoms with Crippen molar-refractivity contribution >= 4 is 0 Å². The van der Waals surface area contributed by atoms with Gasteiger partial charge in [0, 0.05) is 11.3 Å². The van der Waals surface area contributed by atoms with Crippen LogP contribution < -0.4 is 0 Å². The summed E-state index contributed by atoms with van der Waals surface area (Å²) in [5.41, 5.74) is 3.10. The second-order valence-electron chi connectivity index (χ2n) is 8.08. The van der Waals surface area contributed by atoms with E-state index in [2.05, 4.69) is 74.0 Å². The van der Waals surface area contributed by atoms with Crippen LogP contribution in [0.1, 0.15) is 50.2 Å². The van der Waals surface area contributed by atoms with Crippen LogP contribution in [0.3, 0.4) is 0 Å². The maximum Gasteiger partial charge on any atom is 0.240 e. The predicted molar refractivity (Wildman–Crippen MR) is 107 cm³/mol. The van der Waals surface area contributed by atoms with E-state index in [1.54, 1.807) is 0 Å². The molecule has 2 aliphatic carbocycles. The van der Waals surface area contributed by atoms with Gasteiger partial charge in [-0.15, -0.1) is 0 Å². The molecule has 2 saturated carbocycles.